The van der Waals surface area contributed by atoms with Crippen molar-refractivity contribution in [1.29, 1.82) is 0 Å². The van der Waals surface area contributed by atoms with Gasteiger partial charge in [-0.2, -0.15) is 13.2 Å². The minimum absolute atomic E-state index is 0.0904. The molecule has 1 aromatic carbocycles. The van der Waals surface area contributed by atoms with Gasteiger partial charge in [-0.25, -0.2) is 0 Å². The zero-order valence-corrected chi connectivity index (χ0v) is 9.71. The van der Waals surface area contributed by atoms with E-state index in [2.05, 4.69) is 0 Å². The van der Waals surface area contributed by atoms with Crippen LogP contribution in [0.5, 0.6) is 0 Å². The number of hydrogen-bond acceptors (Lipinski definition) is 1. The van der Waals surface area contributed by atoms with Gasteiger partial charge < -0.3 is 4.90 Å². The molecule has 1 rings (SSSR count). The molecular weight excluding hydrogens is 231 g/mol. The molecule has 0 aliphatic heterocycles. The van der Waals surface area contributed by atoms with Crippen molar-refractivity contribution < 1.29 is 18.0 Å². The maximum Gasteiger partial charge on any atom is 0.416 e. The van der Waals surface area contributed by atoms with Crippen molar-refractivity contribution in [1.82, 2.24) is 4.90 Å². The summed E-state index contributed by atoms with van der Waals surface area (Å²) in [7, 11) is 0. The van der Waals surface area contributed by atoms with Gasteiger partial charge in [0, 0.05) is 20.0 Å². The van der Waals surface area contributed by atoms with Crippen molar-refractivity contribution in [3.63, 3.8) is 0 Å². The number of rotatable bonds is 3. The monoisotopic (exact) mass is 245 g/mol. The predicted octanol–water partition coefficient (Wildman–Crippen LogP) is 3.07. The van der Waals surface area contributed by atoms with Gasteiger partial charge in [0.05, 0.1) is 5.56 Å². The average molecular weight is 245 g/mol. The largest absolute Gasteiger partial charge is 0.416 e. The molecule has 0 bridgehead atoms. The summed E-state index contributed by atoms with van der Waals surface area (Å²) in [5.41, 5.74) is 0.0159. The molecule has 1 amide bonds. The molecule has 0 heterocycles. The van der Waals surface area contributed by atoms with Crippen LogP contribution in [-0.2, 0) is 17.5 Å². The van der Waals surface area contributed by atoms with E-state index in [0.717, 1.165) is 12.1 Å². The molecular formula is C12H14F3NO. The van der Waals surface area contributed by atoms with E-state index in [-0.39, 0.29) is 5.91 Å². The average Bonchev–Trinajstić information content (AvgIpc) is 2.25. The first-order chi connectivity index (χ1) is 7.84. The van der Waals surface area contributed by atoms with Gasteiger partial charge in [0.15, 0.2) is 0 Å². The van der Waals surface area contributed by atoms with Crippen LogP contribution in [0, 0.1) is 0 Å². The molecule has 0 saturated carbocycles. The quantitative estimate of drug-likeness (QED) is 0.801. The smallest absolute Gasteiger partial charge is 0.339 e. The van der Waals surface area contributed by atoms with Gasteiger partial charge in [-0.15, -0.1) is 0 Å². The molecule has 0 fully saturated rings. The van der Waals surface area contributed by atoms with E-state index in [0.29, 0.717) is 18.7 Å². The fourth-order valence-corrected chi connectivity index (χ4v) is 1.47. The minimum Gasteiger partial charge on any atom is -0.339 e. The molecule has 0 N–H and O–H groups in total. The van der Waals surface area contributed by atoms with Gasteiger partial charge in [0.2, 0.25) is 5.91 Å². The highest BCUT2D eigenvalue weighted by molar-refractivity contribution is 5.73. The van der Waals surface area contributed by atoms with Crippen LogP contribution < -0.4 is 0 Å². The minimum atomic E-state index is -4.32. The number of alkyl halides is 3. The van der Waals surface area contributed by atoms with Crippen molar-refractivity contribution in [2.75, 3.05) is 6.54 Å². The molecule has 0 spiro atoms. The number of nitrogens with zero attached hydrogens (tertiary/aromatic N) is 1. The van der Waals surface area contributed by atoms with Crippen LogP contribution in [-0.4, -0.2) is 17.4 Å². The van der Waals surface area contributed by atoms with Crippen molar-refractivity contribution in [3.05, 3.63) is 35.4 Å². The molecule has 0 aromatic heterocycles. The topological polar surface area (TPSA) is 20.3 Å². The lowest BCUT2D eigenvalue weighted by Crippen LogP contribution is -2.27. The molecule has 0 saturated heterocycles. The first kappa shape index (κ1) is 13.5. The molecule has 0 unspecified atom stereocenters. The van der Waals surface area contributed by atoms with Crippen LogP contribution in [0.3, 0.4) is 0 Å². The number of benzene rings is 1. The Morgan fingerprint density at radius 2 is 1.76 bits per heavy atom. The van der Waals surface area contributed by atoms with Gasteiger partial charge in [0.1, 0.15) is 0 Å². The van der Waals surface area contributed by atoms with Crippen LogP contribution in [0.4, 0.5) is 13.2 Å². The highest BCUT2D eigenvalue weighted by Crippen LogP contribution is 2.29. The predicted molar refractivity (Wildman–Crippen MR) is 58.2 cm³/mol. The van der Waals surface area contributed by atoms with Crippen LogP contribution in [0.1, 0.15) is 25.0 Å². The summed E-state index contributed by atoms with van der Waals surface area (Å²) < 4.78 is 36.9. The van der Waals surface area contributed by atoms with Gasteiger partial charge in [-0.05, 0) is 24.6 Å². The Morgan fingerprint density at radius 3 is 2.12 bits per heavy atom. The highest BCUT2D eigenvalue weighted by atomic mass is 19.4. The van der Waals surface area contributed by atoms with Gasteiger partial charge >= 0.3 is 6.18 Å². The van der Waals surface area contributed by atoms with E-state index >= 15 is 0 Å². The number of hydrogen-bond donors (Lipinski definition) is 0. The van der Waals surface area contributed by atoms with Gasteiger partial charge in [-0.3, -0.25) is 4.79 Å². The van der Waals surface area contributed by atoms with Crippen LogP contribution in [0.2, 0.25) is 0 Å². The molecule has 0 aliphatic carbocycles. The lowest BCUT2D eigenvalue weighted by atomic mass is 10.1. The summed E-state index contributed by atoms with van der Waals surface area (Å²) in [6.45, 7) is 4.14. The fourth-order valence-electron chi connectivity index (χ4n) is 1.47. The molecule has 0 aliphatic rings. The number of amides is 1. The number of carbonyl (C=O) groups is 1. The Bertz CT molecular complexity index is 384. The Labute approximate surface area is 98.0 Å². The van der Waals surface area contributed by atoms with Crippen molar-refractivity contribution >= 4 is 5.91 Å². The van der Waals surface area contributed by atoms with E-state index in [9.17, 15) is 18.0 Å². The third kappa shape index (κ3) is 3.76. The summed E-state index contributed by atoms with van der Waals surface area (Å²) in [6.07, 6.45) is -4.32. The van der Waals surface area contributed by atoms with E-state index in [1.807, 2.05) is 6.92 Å². The van der Waals surface area contributed by atoms with E-state index in [4.69, 9.17) is 0 Å². The van der Waals surface area contributed by atoms with Crippen molar-refractivity contribution in [3.8, 4) is 0 Å². The van der Waals surface area contributed by atoms with Crippen molar-refractivity contribution in [2.24, 2.45) is 0 Å². The summed E-state index contributed by atoms with van der Waals surface area (Å²) in [6, 6.07) is 4.86. The second-order valence-corrected chi connectivity index (χ2v) is 3.73. The molecule has 2 nitrogen and oxygen atoms in total. The maximum atomic E-state index is 12.3. The molecule has 5 heteroatoms. The van der Waals surface area contributed by atoms with Crippen molar-refractivity contribution in [2.45, 2.75) is 26.6 Å². The molecule has 17 heavy (non-hydrogen) atoms. The third-order valence-corrected chi connectivity index (χ3v) is 2.48. The normalized spacial score (nSPS) is 11.4. The molecule has 94 valence electrons. The summed E-state index contributed by atoms with van der Waals surface area (Å²) >= 11 is 0. The van der Waals surface area contributed by atoms with E-state index < -0.39 is 11.7 Å². The fraction of sp³-hybridized carbons (Fsp3) is 0.417. The summed E-state index contributed by atoms with van der Waals surface area (Å²) in [5.74, 6) is -0.0904. The number of halogens is 3. The Hall–Kier alpha value is -1.52. The van der Waals surface area contributed by atoms with Crippen LogP contribution in [0.25, 0.3) is 0 Å². The highest BCUT2D eigenvalue weighted by Gasteiger charge is 2.29. The Kier molecular flexibility index (Phi) is 4.15. The van der Waals surface area contributed by atoms with Gasteiger partial charge in [0.25, 0.3) is 0 Å². The Morgan fingerprint density at radius 1 is 1.24 bits per heavy atom. The molecule has 0 radical (unpaired) electrons. The SMILES string of the molecule is CCN(Cc1ccc(C(F)(F)F)cc1)C(C)=O. The molecule has 0 atom stereocenters. The summed E-state index contributed by atoms with van der Waals surface area (Å²) in [4.78, 5) is 12.7. The second-order valence-electron chi connectivity index (χ2n) is 3.73. The number of carbonyl (C=O) groups excluding carboxylic acids is 1. The lowest BCUT2D eigenvalue weighted by molar-refractivity contribution is -0.137. The summed E-state index contributed by atoms with van der Waals surface area (Å²) in [5, 5.41) is 0. The standard InChI is InChI=1S/C12H14F3NO/c1-3-16(9(2)17)8-10-4-6-11(7-5-10)12(13,14)15/h4-7H,3,8H2,1-2H3. The van der Waals surface area contributed by atoms with Crippen LogP contribution in [0.15, 0.2) is 24.3 Å². The maximum absolute atomic E-state index is 12.3. The van der Waals surface area contributed by atoms with Crippen LogP contribution >= 0.6 is 0 Å². The van der Waals surface area contributed by atoms with E-state index in [1.165, 1.54) is 19.1 Å². The van der Waals surface area contributed by atoms with Gasteiger partial charge in [-0.1, -0.05) is 12.1 Å². The Balaban J connectivity index is 2.78. The first-order valence-corrected chi connectivity index (χ1v) is 5.26. The zero-order valence-electron chi connectivity index (χ0n) is 9.71. The first-order valence-electron chi connectivity index (χ1n) is 5.26. The third-order valence-electron chi connectivity index (χ3n) is 2.48. The molecule has 1 aromatic rings. The second kappa shape index (κ2) is 5.21. The van der Waals surface area contributed by atoms with E-state index in [1.54, 1.807) is 4.90 Å². The zero-order chi connectivity index (χ0) is 13.1. The lowest BCUT2D eigenvalue weighted by Gasteiger charge is -2.19.